The molecule has 6 nitrogen and oxygen atoms in total. The van der Waals surface area contributed by atoms with Crippen molar-refractivity contribution in [3.63, 3.8) is 0 Å². The molecule has 0 aliphatic rings. The van der Waals surface area contributed by atoms with Crippen LogP contribution in [0.15, 0.2) is 90.1 Å². The number of aromatic nitrogens is 2. The highest BCUT2D eigenvalue weighted by Crippen LogP contribution is 2.38. The summed E-state index contributed by atoms with van der Waals surface area (Å²) in [5.74, 6) is 1.18. The topological polar surface area (TPSA) is 70.4 Å². The normalized spacial score (nSPS) is 11.3. The lowest BCUT2D eigenvalue weighted by molar-refractivity contribution is 0.285. The molecule has 0 aliphatic carbocycles. The van der Waals surface area contributed by atoms with Gasteiger partial charge in [-0.15, -0.1) is 0 Å². The zero-order valence-electron chi connectivity index (χ0n) is 17.2. The van der Waals surface area contributed by atoms with Gasteiger partial charge in [-0.1, -0.05) is 54.1 Å². The van der Waals surface area contributed by atoms with Crippen molar-refractivity contribution in [2.75, 3.05) is 7.11 Å². The van der Waals surface area contributed by atoms with E-state index in [1.165, 1.54) is 16.4 Å². The highest BCUT2D eigenvalue weighted by molar-refractivity contribution is 7.90. The number of imidazole rings is 1. The Bertz CT molecular complexity index is 1280. The van der Waals surface area contributed by atoms with Crippen LogP contribution in [0.3, 0.4) is 0 Å². The number of hydrogen-bond donors (Lipinski definition) is 0. The van der Waals surface area contributed by atoms with Gasteiger partial charge < -0.3 is 9.47 Å². The van der Waals surface area contributed by atoms with Gasteiger partial charge in [0.15, 0.2) is 17.3 Å². The van der Waals surface area contributed by atoms with Crippen LogP contribution in [0, 0.1) is 6.92 Å². The number of nitrogens with zero attached hydrogens (tertiary/aromatic N) is 2. The summed E-state index contributed by atoms with van der Waals surface area (Å²) in [7, 11) is -2.29. The second-order valence-electron chi connectivity index (χ2n) is 6.98. The van der Waals surface area contributed by atoms with Crippen molar-refractivity contribution in [3.05, 3.63) is 96.3 Å². The third-order valence-corrected chi connectivity index (χ3v) is 6.53. The zero-order valence-corrected chi connectivity index (χ0v) is 18.0. The van der Waals surface area contributed by atoms with Gasteiger partial charge in [0.25, 0.3) is 10.0 Å². The fourth-order valence-electron chi connectivity index (χ4n) is 3.23. The van der Waals surface area contributed by atoms with Gasteiger partial charge in [-0.3, -0.25) is 0 Å². The second-order valence-corrected chi connectivity index (χ2v) is 8.79. The van der Waals surface area contributed by atoms with E-state index in [-0.39, 0.29) is 10.7 Å². The van der Waals surface area contributed by atoms with Crippen molar-refractivity contribution in [1.82, 2.24) is 8.96 Å². The van der Waals surface area contributed by atoms with E-state index in [1.54, 1.807) is 49.6 Å². The predicted molar refractivity (Wildman–Crippen MR) is 119 cm³/mol. The summed E-state index contributed by atoms with van der Waals surface area (Å²) in [6.07, 6.45) is 2.90. The quantitative estimate of drug-likeness (QED) is 0.422. The average molecular weight is 435 g/mol. The molecule has 31 heavy (non-hydrogen) atoms. The van der Waals surface area contributed by atoms with E-state index in [1.807, 2.05) is 37.3 Å². The number of ether oxygens (including phenoxy) is 2. The third-order valence-electron chi connectivity index (χ3n) is 4.85. The lowest BCUT2D eigenvalue weighted by Crippen LogP contribution is -2.14. The molecule has 0 atom stereocenters. The maximum Gasteiger partial charge on any atom is 0.269 e. The van der Waals surface area contributed by atoms with Crippen LogP contribution in [0.1, 0.15) is 11.1 Å². The molecule has 0 bridgehead atoms. The largest absolute Gasteiger partial charge is 0.493 e. The Morgan fingerprint density at radius 3 is 2.39 bits per heavy atom. The van der Waals surface area contributed by atoms with Crippen LogP contribution in [0.25, 0.3) is 11.4 Å². The van der Waals surface area contributed by atoms with E-state index in [4.69, 9.17) is 9.47 Å². The molecule has 1 heterocycles. The van der Waals surface area contributed by atoms with E-state index in [0.29, 0.717) is 23.7 Å². The van der Waals surface area contributed by atoms with Gasteiger partial charge in [-0.2, -0.15) is 0 Å². The van der Waals surface area contributed by atoms with Crippen molar-refractivity contribution >= 4 is 10.0 Å². The molecule has 7 heteroatoms. The molecule has 4 rings (SSSR count). The van der Waals surface area contributed by atoms with Gasteiger partial charge >= 0.3 is 0 Å². The molecule has 158 valence electrons. The van der Waals surface area contributed by atoms with Gasteiger partial charge in [0.05, 0.1) is 17.6 Å². The van der Waals surface area contributed by atoms with Crippen molar-refractivity contribution in [2.24, 2.45) is 0 Å². The number of para-hydroxylation sites is 1. The minimum absolute atomic E-state index is 0.187. The number of benzene rings is 3. The Morgan fingerprint density at radius 2 is 1.68 bits per heavy atom. The molecular formula is C24H22N2O4S. The van der Waals surface area contributed by atoms with Gasteiger partial charge in [0.1, 0.15) is 6.61 Å². The van der Waals surface area contributed by atoms with Gasteiger partial charge in [0.2, 0.25) is 0 Å². The van der Waals surface area contributed by atoms with Crippen LogP contribution in [0.2, 0.25) is 0 Å². The van der Waals surface area contributed by atoms with Crippen molar-refractivity contribution < 1.29 is 17.9 Å². The number of rotatable bonds is 7. The summed E-state index contributed by atoms with van der Waals surface area (Å²) >= 11 is 0. The average Bonchev–Trinajstić information content (AvgIpc) is 3.29. The van der Waals surface area contributed by atoms with E-state index < -0.39 is 10.0 Å². The Morgan fingerprint density at radius 1 is 0.935 bits per heavy atom. The van der Waals surface area contributed by atoms with Crippen molar-refractivity contribution in [2.45, 2.75) is 18.4 Å². The molecule has 4 aromatic rings. The molecule has 1 aromatic heterocycles. The van der Waals surface area contributed by atoms with Crippen LogP contribution < -0.4 is 9.47 Å². The Hall–Kier alpha value is -3.58. The fraction of sp³-hybridized carbons (Fsp3) is 0.125. The van der Waals surface area contributed by atoms with Gasteiger partial charge in [0, 0.05) is 12.4 Å². The first-order valence-corrected chi connectivity index (χ1v) is 11.1. The van der Waals surface area contributed by atoms with Gasteiger partial charge in [-0.25, -0.2) is 17.4 Å². The predicted octanol–water partition coefficient (Wildman–Crippen LogP) is 4.68. The minimum atomic E-state index is -3.84. The molecule has 0 radical (unpaired) electrons. The smallest absolute Gasteiger partial charge is 0.269 e. The Labute approximate surface area is 181 Å². The molecule has 0 amide bonds. The van der Waals surface area contributed by atoms with Crippen LogP contribution in [0.5, 0.6) is 11.5 Å². The van der Waals surface area contributed by atoms with Crippen LogP contribution in [-0.2, 0) is 16.6 Å². The van der Waals surface area contributed by atoms with Crippen molar-refractivity contribution in [1.29, 1.82) is 0 Å². The standard InChI is InChI=1S/C24H22N2O4S/c1-18-11-13-20(14-12-18)31(27,28)26-16-15-25-24(26)21-9-6-10-22(29-2)23(21)30-17-19-7-4-3-5-8-19/h3-16H,17H2,1-2H3. The van der Waals surface area contributed by atoms with Crippen molar-refractivity contribution in [3.8, 4) is 22.9 Å². The first-order chi connectivity index (χ1) is 15.0. The molecule has 0 fully saturated rings. The molecule has 0 saturated carbocycles. The van der Waals surface area contributed by atoms with Crippen LogP contribution in [-0.4, -0.2) is 24.5 Å². The van der Waals surface area contributed by atoms with Crippen LogP contribution >= 0.6 is 0 Å². The molecule has 3 aromatic carbocycles. The molecule has 0 N–H and O–H groups in total. The van der Waals surface area contributed by atoms with E-state index >= 15 is 0 Å². The lowest BCUT2D eigenvalue weighted by Gasteiger charge is -2.16. The zero-order chi connectivity index (χ0) is 21.8. The Kier molecular flexibility index (Phi) is 5.77. The summed E-state index contributed by atoms with van der Waals surface area (Å²) in [6, 6.07) is 21.7. The summed E-state index contributed by atoms with van der Waals surface area (Å²) < 4.78 is 39.3. The first-order valence-electron chi connectivity index (χ1n) is 9.70. The monoisotopic (exact) mass is 434 g/mol. The highest BCUT2D eigenvalue weighted by Gasteiger charge is 2.24. The number of methoxy groups -OCH3 is 1. The summed E-state index contributed by atoms with van der Waals surface area (Å²) in [5, 5.41) is 0. The SMILES string of the molecule is COc1cccc(-c2nccn2S(=O)(=O)c2ccc(C)cc2)c1OCc1ccccc1. The van der Waals surface area contributed by atoms with Crippen LogP contribution in [0.4, 0.5) is 0 Å². The van der Waals surface area contributed by atoms with E-state index in [2.05, 4.69) is 4.98 Å². The molecule has 0 unspecified atom stereocenters. The minimum Gasteiger partial charge on any atom is -0.493 e. The first kappa shape index (κ1) is 20.7. The Balaban J connectivity index is 1.78. The summed E-state index contributed by atoms with van der Waals surface area (Å²) in [5.41, 5.74) is 2.49. The fourth-order valence-corrected chi connectivity index (χ4v) is 4.52. The molecule has 0 saturated heterocycles. The summed E-state index contributed by atoms with van der Waals surface area (Å²) in [6.45, 7) is 2.21. The maximum absolute atomic E-state index is 13.3. The molecule has 0 aliphatic heterocycles. The molecule has 0 spiro atoms. The number of hydrogen-bond acceptors (Lipinski definition) is 5. The highest BCUT2D eigenvalue weighted by atomic mass is 32.2. The molecular weight excluding hydrogens is 412 g/mol. The second kappa shape index (κ2) is 8.65. The summed E-state index contributed by atoms with van der Waals surface area (Å²) in [4.78, 5) is 4.52. The van der Waals surface area contributed by atoms with E-state index in [9.17, 15) is 8.42 Å². The maximum atomic E-state index is 13.3. The number of aryl methyl sites for hydroxylation is 1. The lowest BCUT2D eigenvalue weighted by atomic mass is 10.1. The van der Waals surface area contributed by atoms with Gasteiger partial charge in [-0.05, 0) is 36.8 Å². The van der Waals surface area contributed by atoms with E-state index in [0.717, 1.165) is 11.1 Å². The third kappa shape index (κ3) is 4.18.